The van der Waals surface area contributed by atoms with E-state index < -0.39 is 0 Å². The summed E-state index contributed by atoms with van der Waals surface area (Å²) in [5.74, 6) is 1.83. The SMILES string of the molecule is CCc1nn(C)c(CC)c1CNC(=NC)NCC(c1ccco1)N1CCCCC1.I. The molecule has 3 heterocycles. The van der Waals surface area contributed by atoms with Crippen LogP contribution in [0.5, 0.6) is 0 Å². The summed E-state index contributed by atoms with van der Waals surface area (Å²) in [6, 6.07) is 4.27. The van der Waals surface area contributed by atoms with Crippen molar-refractivity contribution in [2.45, 2.75) is 58.5 Å². The van der Waals surface area contributed by atoms with E-state index in [9.17, 15) is 0 Å². The van der Waals surface area contributed by atoms with Crippen molar-refractivity contribution >= 4 is 29.9 Å². The largest absolute Gasteiger partial charge is 0.468 e. The molecule has 1 aliphatic heterocycles. The molecule has 2 aromatic rings. The van der Waals surface area contributed by atoms with Gasteiger partial charge in [0.25, 0.3) is 0 Å². The van der Waals surface area contributed by atoms with E-state index in [1.54, 1.807) is 6.26 Å². The average molecular weight is 528 g/mol. The Morgan fingerprint density at radius 2 is 1.97 bits per heavy atom. The van der Waals surface area contributed by atoms with E-state index in [0.717, 1.165) is 56.4 Å². The Bertz CT molecular complexity index is 780. The van der Waals surface area contributed by atoms with Gasteiger partial charge in [0.1, 0.15) is 5.76 Å². The van der Waals surface area contributed by atoms with Crippen LogP contribution < -0.4 is 10.6 Å². The third-order valence-electron chi connectivity index (χ3n) is 5.85. The van der Waals surface area contributed by atoms with Crippen LogP contribution in [0.25, 0.3) is 0 Å². The van der Waals surface area contributed by atoms with Gasteiger partial charge < -0.3 is 15.1 Å². The molecule has 2 aromatic heterocycles. The van der Waals surface area contributed by atoms with Crippen molar-refractivity contribution in [3.63, 3.8) is 0 Å². The highest BCUT2D eigenvalue weighted by Crippen LogP contribution is 2.24. The standard InChI is InChI=1S/C22H36N6O.HI/c1-5-18-17(19(6-2)27(4)26-18)15-24-22(23-3)25-16-20(21-11-10-14-29-21)28-12-8-7-9-13-28;/h10-11,14,20H,5-9,12-13,15-16H2,1-4H3,(H2,23,24,25);1H. The van der Waals surface area contributed by atoms with Gasteiger partial charge in [-0.2, -0.15) is 5.10 Å². The monoisotopic (exact) mass is 528 g/mol. The minimum Gasteiger partial charge on any atom is -0.468 e. The van der Waals surface area contributed by atoms with Gasteiger partial charge in [-0.05, 0) is 50.9 Å². The Hall–Kier alpha value is -1.55. The molecule has 3 rings (SSSR count). The first-order valence-corrected chi connectivity index (χ1v) is 10.9. The number of aliphatic imine (C=N–C) groups is 1. The molecule has 0 radical (unpaired) electrons. The van der Waals surface area contributed by atoms with Crippen LogP contribution >= 0.6 is 24.0 Å². The lowest BCUT2D eigenvalue weighted by Gasteiger charge is -2.33. The number of furan rings is 1. The number of guanidine groups is 1. The van der Waals surface area contributed by atoms with Crippen molar-refractivity contribution in [3.05, 3.63) is 41.1 Å². The minimum absolute atomic E-state index is 0. The van der Waals surface area contributed by atoms with Gasteiger partial charge in [0, 0.05) is 38.4 Å². The van der Waals surface area contributed by atoms with Gasteiger partial charge in [-0.25, -0.2) is 0 Å². The van der Waals surface area contributed by atoms with Crippen molar-refractivity contribution in [2.75, 3.05) is 26.7 Å². The summed E-state index contributed by atoms with van der Waals surface area (Å²) in [6.45, 7) is 8.07. The second kappa shape index (κ2) is 12.3. The van der Waals surface area contributed by atoms with Gasteiger partial charge in [-0.3, -0.25) is 14.6 Å². The first-order valence-electron chi connectivity index (χ1n) is 10.9. The molecule has 1 aliphatic rings. The maximum absolute atomic E-state index is 5.75. The summed E-state index contributed by atoms with van der Waals surface area (Å²) in [7, 11) is 3.85. The first kappa shape index (κ1) is 24.7. The number of aromatic nitrogens is 2. The second-order valence-electron chi connectivity index (χ2n) is 7.64. The van der Waals surface area contributed by atoms with Crippen LogP contribution in [-0.2, 0) is 26.4 Å². The molecule has 0 bridgehead atoms. The molecule has 1 fully saturated rings. The van der Waals surface area contributed by atoms with E-state index in [4.69, 9.17) is 4.42 Å². The average Bonchev–Trinajstić information content (AvgIpc) is 3.38. The molecule has 0 amide bonds. The quantitative estimate of drug-likeness (QED) is 0.311. The van der Waals surface area contributed by atoms with Crippen LogP contribution in [0.1, 0.15) is 61.9 Å². The lowest BCUT2D eigenvalue weighted by molar-refractivity contribution is 0.146. The van der Waals surface area contributed by atoms with E-state index in [-0.39, 0.29) is 30.0 Å². The van der Waals surface area contributed by atoms with Crippen LogP contribution in [-0.4, -0.2) is 47.3 Å². The van der Waals surface area contributed by atoms with Gasteiger partial charge in [-0.15, -0.1) is 24.0 Å². The normalized spacial score (nSPS) is 16.2. The predicted octanol–water partition coefficient (Wildman–Crippen LogP) is 3.65. The Morgan fingerprint density at radius 3 is 2.57 bits per heavy atom. The van der Waals surface area contributed by atoms with E-state index >= 15 is 0 Å². The van der Waals surface area contributed by atoms with Crippen molar-refractivity contribution in [1.29, 1.82) is 0 Å². The highest BCUT2D eigenvalue weighted by molar-refractivity contribution is 14.0. The lowest BCUT2D eigenvalue weighted by atomic mass is 10.1. The fraction of sp³-hybridized carbons (Fsp3) is 0.636. The summed E-state index contributed by atoms with van der Waals surface area (Å²) in [5.41, 5.74) is 3.74. The third kappa shape index (κ3) is 6.00. The molecular formula is C22H37IN6O. The maximum atomic E-state index is 5.75. The number of hydrogen-bond acceptors (Lipinski definition) is 4. The number of aryl methyl sites for hydroxylation is 2. The molecule has 0 spiro atoms. The van der Waals surface area contributed by atoms with Crippen LogP contribution in [0, 0.1) is 0 Å². The maximum Gasteiger partial charge on any atom is 0.191 e. The lowest BCUT2D eigenvalue weighted by Crippen LogP contribution is -2.44. The Kier molecular flexibility index (Phi) is 10.2. The zero-order valence-electron chi connectivity index (χ0n) is 18.8. The topological polar surface area (TPSA) is 70.6 Å². The molecule has 0 saturated carbocycles. The van der Waals surface area contributed by atoms with E-state index in [1.165, 1.54) is 30.5 Å². The van der Waals surface area contributed by atoms with Gasteiger partial charge in [-0.1, -0.05) is 20.3 Å². The molecular weight excluding hydrogens is 491 g/mol. The predicted molar refractivity (Wildman–Crippen MR) is 132 cm³/mol. The van der Waals surface area contributed by atoms with Crippen molar-refractivity contribution in [1.82, 2.24) is 25.3 Å². The van der Waals surface area contributed by atoms with Crippen LogP contribution in [0.2, 0.25) is 0 Å². The van der Waals surface area contributed by atoms with Crippen molar-refractivity contribution in [3.8, 4) is 0 Å². The Morgan fingerprint density at radius 1 is 1.20 bits per heavy atom. The third-order valence-corrected chi connectivity index (χ3v) is 5.85. The van der Waals surface area contributed by atoms with Gasteiger partial charge in [0.05, 0.1) is 18.0 Å². The summed E-state index contributed by atoms with van der Waals surface area (Å²) in [4.78, 5) is 6.96. The second-order valence-corrected chi connectivity index (χ2v) is 7.64. The molecule has 1 unspecified atom stereocenters. The number of halogens is 1. The number of nitrogens with zero attached hydrogens (tertiary/aromatic N) is 4. The fourth-order valence-electron chi connectivity index (χ4n) is 4.30. The van der Waals surface area contributed by atoms with Gasteiger partial charge in [0.15, 0.2) is 5.96 Å². The summed E-state index contributed by atoms with van der Waals surface area (Å²) >= 11 is 0. The Balaban J connectivity index is 0.00000320. The summed E-state index contributed by atoms with van der Waals surface area (Å²) < 4.78 is 7.76. The molecule has 1 atom stereocenters. The van der Waals surface area contributed by atoms with E-state index in [0.29, 0.717) is 0 Å². The highest BCUT2D eigenvalue weighted by atomic mass is 127. The molecule has 7 nitrogen and oxygen atoms in total. The summed E-state index contributed by atoms with van der Waals surface area (Å²) in [5, 5.41) is 11.7. The van der Waals surface area contributed by atoms with Gasteiger partial charge in [0.2, 0.25) is 0 Å². The zero-order chi connectivity index (χ0) is 20.6. The number of hydrogen-bond donors (Lipinski definition) is 2. The smallest absolute Gasteiger partial charge is 0.191 e. The van der Waals surface area contributed by atoms with Crippen LogP contribution in [0.4, 0.5) is 0 Å². The minimum atomic E-state index is 0. The van der Waals surface area contributed by atoms with Crippen molar-refractivity contribution in [2.24, 2.45) is 12.0 Å². The van der Waals surface area contributed by atoms with Crippen LogP contribution in [0.3, 0.4) is 0 Å². The number of likely N-dealkylation sites (tertiary alicyclic amines) is 1. The van der Waals surface area contributed by atoms with Crippen LogP contribution in [0.15, 0.2) is 27.8 Å². The Labute approximate surface area is 197 Å². The molecule has 168 valence electrons. The van der Waals surface area contributed by atoms with E-state index in [2.05, 4.69) is 45.5 Å². The number of rotatable bonds is 8. The molecule has 1 saturated heterocycles. The number of nitrogens with one attached hydrogen (secondary N) is 2. The van der Waals surface area contributed by atoms with E-state index in [1.807, 2.05) is 24.8 Å². The number of piperidine rings is 1. The first-order chi connectivity index (χ1) is 14.2. The molecule has 0 aromatic carbocycles. The van der Waals surface area contributed by atoms with Gasteiger partial charge >= 0.3 is 0 Å². The zero-order valence-corrected chi connectivity index (χ0v) is 21.1. The summed E-state index contributed by atoms with van der Waals surface area (Å²) in [6.07, 6.45) is 7.51. The fourth-order valence-corrected chi connectivity index (χ4v) is 4.30. The highest BCUT2D eigenvalue weighted by Gasteiger charge is 2.24. The molecule has 8 heteroatoms. The van der Waals surface area contributed by atoms with Crippen molar-refractivity contribution < 1.29 is 4.42 Å². The molecule has 0 aliphatic carbocycles. The molecule has 2 N–H and O–H groups in total. The molecule has 30 heavy (non-hydrogen) atoms.